The normalized spacial score (nSPS) is 15.1. The molecule has 0 saturated carbocycles. The van der Waals surface area contributed by atoms with Gasteiger partial charge in [0.1, 0.15) is 11.4 Å². The molecule has 86 valence electrons. The van der Waals surface area contributed by atoms with E-state index in [1.54, 1.807) is 12.1 Å². The number of rotatable bonds is 3. The van der Waals surface area contributed by atoms with Gasteiger partial charge in [-0.05, 0) is 30.7 Å². The molecular weight excluding hydrogens is 214 g/mol. The van der Waals surface area contributed by atoms with Crippen molar-refractivity contribution in [1.29, 1.82) is 0 Å². The van der Waals surface area contributed by atoms with E-state index in [0.29, 0.717) is 0 Å². The lowest BCUT2D eigenvalue weighted by atomic mass is 10.3. The van der Waals surface area contributed by atoms with Crippen molar-refractivity contribution < 1.29 is 18.5 Å². The van der Waals surface area contributed by atoms with Crippen LogP contribution >= 0.6 is 0 Å². The van der Waals surface area contributed by atoms with Crippen LogP contribution in [0.1, 0.15) is 12.8 Å². The SMILES string of the molecule is FC(F)Oc1ccc(NC2=[NH+]CCC2)cc1. The lowest BCUT2D eigenvalue weighted by molar-refractivity contribution is -0.447. The smallest absolute Gasteiger partial charge is 0.387 e. The number of ether oxygens (including phenoxy) is 1. The fourth-order valence-electron chi connectivity index (χ4n) is 1.59. The molecule has 0 atom stereocenters. The highest BCUT2D eigenvalue weighted by atomic mass is 19.3. The van der Waals surface area contributed by atoms with E-state index < -0.39 is 6.61 Å². The van der Waals surface area contributed by atoms with Crippen LogP contribution in [0, 0.1) is 0 Å². The molecule has 0 fully saturated rings. The molecule has 1 aliphatic heterocycles. The van der Waals surface area contributed by atoms with Gasteiger partial charge in [-0.3, -0.25) is 4.99 Å². The van der Waals surface area contributed by atoms with Gasteiger partial charge in [0.25, 0.3) is 0 Å². The fourth-order valence-corrected chi connectivity index (χ4v) is 1.59. The number of benzene rings is 1. The quantitative estimate of drug-likeness (QED) is 0.807. The Kier molecular flexibility index (Phi) is 3.34. The molecule has 1 aliphatic rings. The van der Waals surface area contributed by atoms with E-state index in [0.717, 1.165) is 30.9 Å². The molecule has 0 radical (unpaired) electrons. The Balaban J connectivity index is 1.96. The van der Waals surface area contributed by atoms with E-state index in [4.69, 9.17) is 0 Å². The van der Waals surface area contributed by atoms with E-state index in [2.05, 4.69) is 15.0 Å². The standard InChI is InChI=1S/C11H12F2N2O/c12-11(13)16-9-5-3-8(4-6-9)15-10-2-1-7-14-10/h3-6,11H,1-2,7H2,(H,14,15)/p+1. The molecule has 0 aliphatic carbocycles. The largest absolute Gasteiger partial charge is 0.435 e. The Morgan fingerprint density at radius 1 is 1.25 bits per heavy atom. The molecule has 0 aromatic heterocycles. The Hall–Kier alpha value is -1.65. The average molecular weight is 227 g/mol. The van der Waals surface area contributed by atoms with Crippen LogP contribution in [0.25, 0.3) is 0 Å². The predicted molar refractivity (Wildman–Crippen MR) is 56.8 cm³/mol. The summed E-state index contributed by atoms with van der Waals surface area (Å²) in [4.78, 5) is 3.21. The maximum Gasteiger partial charge on any atom is 0.387 e. The summed E-state index contributed by atoms with van der Waals surface area (Å²) in [5.41, 5.74) is 0.867. The van der Waals surface area contributed by atoms with E-state index in [-0.39, 0.29) is 5.75 Å². The van der Waals surface area contributed by atoms with Gasteiger partial charge in [0, 0.05) is 0 Å². The molecule has 0 spiro atoms. The Morgan fingerprint density at radius 3 is 2.56 bits per heavy atom. The summed E-state index contributed by atoms with van der Waals surface area (Å²) < 4.78 is 28.0. The molecule has 0 bridgehead atoms. The molecule has 2 rings (SSSR count). The summed E-state index contributed by atoms with van der Waals surface area (Å²) in [6, 6.07) is 6.46. The zero-order chi connectivity index (χ0) is 11.4. The second-order valence-corrected chi connectivity index (χ2v) is 3.54. The summed E-state index contributed by atoms with van der Waals surface area (Å²) in [7, 11) is 0. The molecule has 16 heavy (non-hydrogen) atoms. The summed E-state index contributed by atoms with van der Waals surface area (Å²) in [6.45, 7) is -1.79. The summed E-state index contributed by atoms with van der Waals surface area (Å²) >= 11 is 0. The monoisotopic (exact) mass is 227 g/mol. The van der Waals surface area contributed by atoms with Crippen LogP contribution in [-0.2, 0) is 0 Å². The highest BCUT2D eigenvalue weighted by Crippen LogP contribution is 2.17. The number of halogens is 2. The van der Waals surface area contributed by atoms with Crippen LogP contribution < -0.4 is 15.0 Å². The molecule has 1 heterocycles. The van der Waals surface area contributed by atoms with Crippen molar-refractivity contribution in [3.63, 3.8) is 0 Å². The maximum atomic E-state index is 11.9. The van der Waals surface area contributed by atoms with E-state index >= 15 is 0 Å². The molecular formula is C11H13F2N2O+. The van der Waals surface area contributed by atoms with Crippen LogP contribution in [0.3, 0.4) is 0 Å². The van der Waals surface area contributed by atoms with Crippen LogP contribution in [0.5, 0.6) is 5.75 Å². The Labute approximate surface area is 92.1 Å². The molecule has 0 amide bonds. The van der Waals surface area contributed by atoms with Crippen LogP contribution in [0.4, 0.5) is 14.5 Å². The first-order valence-electron chi connectivity index (χ1n) is 5.15. The zero-order valence-corrected chi connectivity index (χ0v) is 8.67. The minimum absolute atomic E-state index is 0.171. The van der Waals surface area contributed by atoms with Gasteiger partial charge in [-0.2, -0.15) is 8.78 Å². The average Bonchev–Trinajstić information content (AvgIpc) is 2.73. The topological polar surface area (TPSA) is 35.2 Å². The third-order valence-corrected chi connectivity index (χ3v) is 2.32. The number of alkyl halides is 2. The number of amidine groups is 1. The molecule has 5 heteroatoms. The second kappa shape index (κ2) is 4.92. The highest BCUT2D eigenvalue weighted by molar-refractivity contribution is 5.91. The Bertz CT molecular complexity index is 376. The summed E-state index contributed by atoms with van der Waals surface area (Å²) in [5.74, 6) is 1.24. The van der Waals surface area contributed by atoms with Crippen LogP contribution in [0.15, 0.2) is 24.3 Å². The van der Waals surface area contributed by atoms with Crippen molar-refractivity contribution in [1.82, 2.24) is 0 Å². The summed E-state index contributed by atoms with van der Waals surface area (Å²) in [5, 5.41) is 3.18. The van der Waals surface area contributed by atoms with Gasteiger partial charge < -0.3 is 4.74 Å². The zero-order valence-electron chi connectivity index (χ0n) is 8.67. The summed E-state index contributed by atoms with van der Waals surface area (Å²) in [6.07, 6.45) is 2.12. The molecule has 0 saturated heterocycles. The lowest BCUT2D eigenvalue weighted by Gasteiger charge is -2.04. The van der Waals surface area contributed by atoms with Gasteiger partial charge in [0.15, 0.2) is 0 Å². The van der Waals surface area contributed by atoms with Gasteiger partial charge in [0.05, 0.1) is 13.0 Å². The molecule has 0 unspecified atom stereocenters. The lowest BCUT2D eigenvalue weighted by Crippen LogP contribution is -2.70. The van der Waals surface area contributed by atoms with Gasteiger partial charge >= 0.3 is 6.61 Å². The second-order valence-electron chi connectivity index (χ2n) is 3.54. The van der Waals surface area contributed by atoms with Gasteiger partial charge in [-0.1, -0.05) is 0 Å². The van der Waals surface area contributed by atoms with Gasteiger partial charge in [-0.15, -0.1) is 0 Å². The molecule has 1 aromatic carbocycles. The minimum atomic E-state index is -2.77. The van der Waals surface area contributed by atoms with Crippen molar-refractivity contribution in [3.8, 4) is 5.75 Å². The van der Waals surface area contributed by atoms with Crippen LogP contribution in [-0.4, -0.2) is 19.0 Å². The van der Waals surface area contributed by atoms with Gasteiger partial charge in [0.2, 0.25) is 5.84 Å². The van der Waals surface area contributed by atoms with Crippen molar-refractivity contribution in [2.24, 2.45) is 0 Å². The number of anilines is 1. The first kappa shape index (κ1) is 10.9. The molecule has 1 aromatic rings. The number of hydrogen-bond donors (Lipinski definition) is 2. The van der Waals surface area contributed by atoms with Crippen molar-refractivity contribution in [2.45, 2.75) is 19.5 Å². The maximum absolute atomic E-state index is 11.9. The van der Waals surface area contributed by atoms with Crippen molar-refractivity contribution in [2.75, 3.05) is 11.9 Å². The molecule has 3 nitrogen and oxygen atoms in total. The van der Waals surface area contributed by atoms with E-state index in [9.17, 15) is 8.78 Å². The fraction of sp³-hybridized carbons (Fsp3) is 0.364. The van der Waals surface area contributed by atoms with Gasteiger partial charge in [-0.25, -0.2) is 5.32 Å². The first-order valence-corrected chi connectivity index (χ1v) is 5.15. The number of hydrogen-bond acceptors (Lipinski definition) is 2. The van der Waals surface area contributed by atoms with Crippen molar-refractivity contribution >= 4 is 11.5 Å². The van der Waals surface area contributed by atoms with E-state index in [1.807, 2.05) is 0 Å². The third-order valence-electron chi connectivity index (χ3n) is 2.32. The Morgan fingerprint density at radius 2 is 2.00 bits per heavy atom. The first-order chi connectivity index (χ1) is 7.74. The third kappa shape index (κ3) is 2.92. The highest BCUT2D eigenvalue weighted by Gasteiger charge is 2.13. The minimum Gasteiger partial charge on any atom is -0.435 e. The predicted octanol–water partition coefficient (Wildman–Crippen LogP) is 0.973. The van der Waals surface area contributed by atoms with Crippen LogP contribution in [0.2, 0.25) is 0 Å². The number of nitrogens with one attached hydrogen (secondary N) is 2. The van der Waals surface area contributed by atoms with E-state index in [1.165, 1.54) is 12.1 Å². The molecule has 2 N–H and O–H groups in total. The van der Waals surface area contributed by atoms with Crippen molar-refractivity contribution in [3.05, 3.63) is 24.3 Å².